The van der Waals surface area contributed by atoms with Crippen LogP contribution in [0.3, 0.4) is 0 Å². The van der Waals surface area contributed by atoms with Gasteiger partial charge in [-0.3, -0.25) is 4.18 Å². The van der Waals surface area contributed by atoms with E-state index in [4.69, 9.17) is 20.3 Å². The summed E-state index contributed by atoms with van der Waals surface area (Å²) >= 11 is 1.31. The van der Waals surface area contributed by atoms with Crippen molar-refractivity contribution in [2.75, 3.05) is 31.8 Å². The number of anilines is 1. The molecule has 0 bridgehead atoms. The number of methoxy groups -OCH3 is 1. The average Bonchev–Trinajstić information content (AvgIpc) is 3.13. The van der Waals surface area contributed by atoms with E-state index >= 15 is 0 Å². The standard InChI is InChI=1S/C13H19FN6O6S2/c1-24-2-3-27-12-7-10(15)17-5-18-11(7)20(19-12)13-8(14)9(21)6(26-13)4-25-28(16,22)23/h5-6,8-9,13,21H,2-4H2,1H3,(H2,15,17,18)(H2,16,22,23)/t6-,8+,9-,13-/m1/s1. The van der Waals surface area contributed by atoms with Crippen molar-refractivity contribution in [3.63, 3.8) is 0 Å². The van der Waals surface area contributed by atoms with Gasteiger partial charge in [0.15, 0.2) is 18.0 Å². The van der Waals surface area contributed by atoms with Gasteiger partial charge in [-0.2, -0.15) is 13.5 Å². The third kappa shape index (κ3) is 4.35. The first-order valence-corrected chi connectivity index (χ1v) is 10.4. The molecular formula is C13H19FN6O6S2. The lowest BCUT2D eigenvalue weighted by Gasteiger charge is -2.14. The molecular weight excluding hydrogens is 419 g/mol. The molecule has 2 aromatic rings. The number of ether oxygens (including phenoxy) is 2. The Bertz CT molecular complexity index is 943. The van der Waals surface area contributed by atoms with E-state index < -0.39 is 41.5 Å². The fourth-order valence-electron chi connectivity index (χ4n) is 2.66. The van der Waals surface area contributed by atoms with Gasteiger partial charge in [-0.15, -0.1) is 11.8 Å². The monoisotopic (exact) mass is 438 g/mol. The normalized spacial score (nSPS) is 25.6. The zero-order valence-corrected chi connectivity index (χ0v) is 16.3. The molecule has 2 aromatic heterocycles. The van der Waals surface area contributed by atoms with E-state index in [-0.39, 0.29) is 11.5 Å². The molecule has 0 amide bonds. The molecule has 4 atom stereocenters. The molecule has 0 unspecified atom stereocenters. The molecule has 0 aliphatic carbocycles. The molecule has 15 heteroatoms. The number of nitrogens with two attached hydrogens (primary N) is 2. The summed E-state index contributed by atoms with van der Waals surface area (Å²) in [6.45, 7) is -0.202. The molecule has 3 heterocycles. The second-order valence-electron chi connectivity index (χ2n) is 5.83. The lowest BCUT2D eigenvalue weighted by Crippen LogP contribution is -2.33. The predicted molar refractivity (Wildman–Crippen MR) is 96.2 cm³/mol. The minimum atomic E-state index is -4.27. The second-order valence-corrected chi connectivity index (χ2v) is 8.13. The minimum absolute atomic E-state index is 0.152. The highest BCUT2D eigenvalue weighted by Gasteiger charge is 2.47. The fraction of sp³-hybridized carbons (Fsp3) is 0.615. The SMILES string of the molecule is COCCSc1nn([C@@H]2O[C@H](COS(N)(=O)=O)[C@@H](O)[C@@H]2F)c2ncnc(N)c12. The van der Waals surface area contributed by atoms with E-state index in [0.717, 1.165) is 4.68 Å². The quantitative estimate of drug-likeness (QED) is 0.339. The van der Waals surface area contributed by atoms with Crippen molar-refractivity contribution in [1.82, 2.24) is 19.7 Å². The number of nitrogen functional groups attached to an aromatic ring is 1. The van der Waals surface area contributed by atoms with Crippen molar-refractivity contribution < 1.29 is 31.6 Å². The van der Waals surface area contributed by atoms with Gasteiger partial charge in [0.25, 0.3) is 0 Å². The van der Waals surface area contributed by atoms with E-state index in [0.29, 0.717) is 22.8 Å². The molecule has 1 fully saturated rings. The van der Waals surface area contributed by atoms with Gasteiger partial charge in [-0.1, -0.05) is 0 Å². The largest absolute Gasteiger partial charge is 0.387 e. The van der Waals surface area contributed by atoms with E-state index in [1.54, 1.807) is 7.11 Å². The first-order chi connectivity index (χ1) is 13.2. The van der Waals surface area contributed by atoms with Gasteiger partial charge in [0, 0.05) is 12.9 Å². The van der Waals surface area contributed by atoms with E-state index in [1.165, 1.54) is 18.1 Å². The summed E-state index contributed by atoms with van der Waals surface area (Å²) in [5.41, 5.74) is 6.13. The Morgan fingerprint density at radius 3 is 2.89 bits per heavy atom. The van der Waals surface area contributed by atoms with Crippen LogP contribution in [-0.4, -0.2) is 77.7 Å². The molecule has 0 aromatic carbocycles. The van der Waals surface area contributed by atoms with Crippen molar-refractivity contribution in [2.45, 2.75) is 29.6 Å². The number of alkyl halides is 1. The van der Waals surface area contributed by atoms with E-state index in [1.807, 2.05) is 0 Å². The van der Waals surface area contributed by atoms with Crippen LogP contribution < -0.4 is 10.9 Å². The van der Waals surface area contributed by atoms with Crippen LogP contribution in [0.2, 0.25) is 0 Å². The summed E-state index contributed by atoms with van der Waals surface area (Å²) in [6, 6.07) is 0. The maximum absolute atomic E-state index is 14.7. The van der Waals surface area contributed by atoms with Crippen LogP contribution in [0.5, 0.6) is 0 Å². The summed E-state index contributed by atoms with van der Waals surface area (Å²) < 4.78 is 52.6. The summed E-state index contributed by atoms with van der Waals surface area (Å²) in [5, 5.41) is 20.0. The fourth-order valence-corrected chi connectivity index (χ4v) is 3.92. The molecule has 3 rings (SSSR count). The third-order valence-corrected chi connectivity index (χ3v) is 5.34. The van der Waals surface area contributed by atoms with Gasteiger partial charge >= 0.3 is 10.3 Å². The van der Waals surface area contributed by atoms with Crippen LogP contribution in [0, 0.1) is 0 Å². The van der Waals surface area contributed by atoms with Gasteiger partial charge < -0.3 is 20.3 Å². The summed E-state index contributed by atoms with van der Waals surface area (Å²) in [7, 11) is -2.72. The van der Waals surface area contributed by atoms with Crippen molar-refractivity contribution in [3.05, 3.63) is 6.33 Å². The highest BCUT2D eigenvalue weighted by molar-refractivity contribution is 7.99. The first kappa shape index (κ1) is 21.1. The Hall–Kier alpha value is -1.62. The Kier molecular flexibility index (Phi) is 6.33. The number of aromatic nitrogens is 4. The molecule has 5 N–H and O–H groups in total. The summed E-state index contributed by atoms with van der Waals surface area (Å²) in [5.74, 6) is 0.703. The minimum Gasteiger partial charge on any atom is -0.387 e. The van der Waals surface area contributed by atoms with Crippen LogP contribution in [0.4, 0.5) is 10.2 Å². The molecule has 1 aliphatic heterocycles. The Labute approximate surface area is 163 Å². The Balaban J connectivity index is 1.91. The first-order valence-electron chi connectivity index (χ1n) is 7.98. The van der Waals surface area contributed by atoms with Crippen LogP contribution in [0.1, 0.15) is 6.23 Å². The number of nitrogens with zero attached hydrogens (tertiary/aromatic N) is 4. The molecule has 0 radical (unpaired) electrons. The maximum atomic E-state index is 14.7. The molecule has 1 saturated heterocycles. The number of aliphatic hydroxyl groups is 1. The highest BCUT2D eigenvalue weighted by atomic mass is 32.2. The highest BCUT2D eigenvalue weighted by Crippen LogP contribution is 2.37. The zero-order chi connectivity index (χ0) is 20.5. The smallest absolute Gasteiger partial charge is 0.333 e. The average molecular weight is 438 g/mol. The van der Waals surface area contributed by atoms with Gasteiger partial charge in [-0.25, -0.2) is 24.2 Å². The van der Waals surface area contributed by atoms with Gasteiger partial charge in [-0.05, 0) is 0 Å². The lowest BCUT2D eigenvalue weighted by molar-refractivity contribution is -0.0456. The predicted octanol–water partition coefficient (Wildman–Crippen LogP) is -1.04. The Morgan fingerprint density at radius 1 is 1.46 bits per heavy atom. The number of hydrogen-bond donors (Lipinski definition) is 3. The summed E-state index contributed by atoms with van der Waals surface area (Å²) in [4.78, 5) is 8.02. The van der Waals surface area contributed by atoms with Crippen LogP contribution in [0.15, 0.2) is 11.4 Å². The third-order valence-electron chi connectivity index (χ3n) is 3.94. The van der Waals surface area contributed by atoms with Crippen molar-refractivity contribution in [2.24, 2.45) is 5.14 Å². The van der Waals surface area contributed by atoms with Crippen LogP contribution in [0.25, 0.3) is 11.0 Å². The molecule has 12 nitrogen and oxygen atoms in total. The van der Waals surface area contributed by atoms with Crippen molar-refractivity contribution >= 4 is 38.9 Å². The lowest BCUT2D eigenvalue weighted by atomic mass is 10.1. The topological polar surface area (TPSA) is 178 Å². The number of hydrogen-bond acceptors (Lipinski definition) is 11. The molecule has 28 heavy (non-hydrogen) atoms. The molecule has 156 valence electrons. The number of aliphatic hydroxyl groups excluding tert-OH is 1. The van der Waals surface area contributed by atoms with Crippen LogP contribution >= 0.6 is 11.8 Å². The van der Waals surface area contributed by atoms with Crippen molar-refractivity contribution in [1.29, 1.82) is 0 Å². The van der Waals surface area contributed by atoms with Crippen molar-refractivity contribution in [3.8, 4) is 0 Å². The summed E-state index contributed by atoms with van der Waals surface area (Å²) in [6.07, 6.45) is -5.04. The zero-order valence-electron chi connectivity index (χ0n) is 14.6. The number of rotatable bonds is 8. The number of halogens is 1. The molecule has 0 saturated carbocycles. The molecule has 1 aliphatic rings. The maximum Gasteiger partial charge on any atom is 0.333 e. The molecule has 0 spiro atoms. The van der Waals surface area contributed by atoms with Gasteiger partial charge in [0.2, 0.25) is 0 Å². The van der Waals surface area contributed by atoms with E-state index in [9.17, 15) is 17.9 Å². The van der Waals surface area contributed by atoms with E-state index in [2.05, 4.69) is 19.2 Å². The van der Waals surface area contributed by atoms with Crippen LogP contribution in [-0.2, 0) is 24.0 Å². The second kappa shape index (κ2) is 8.40. The Morgan fingerprint density at radius 2 is 2.21 bits per heavy atom. The number of fused-ring (bicyclic) bond motifs is 1. The van der Waals surface area contributed by atoms with Gasteiger partial charge in [0.1, 0.15) is 29.4 Å². The van der Waals surface area contributed by atoms with Gasteiger partial charge in [0.05, 0.1) is 18.6 Å². The number of thioether (sulfide) groups is 1.